The second-order valence-electron chi connectivity index (χ2n) is 6.51. The Kier molecular flexibility index (Phi) is 8.43. The van der Waals surface area contributed by atoms with E-state index in [1.807, 2.05) is 0 Å². The van der Waals surface area contributed by atoms with Crippen LogP contribution in [-0.2, 0) is 26.0 Å². The fourth-order valence-electron chi connectivity index (χ4n) is 2.93. The molecule has 0 aliphatic carbocycles. The van der Waals surface area contributed by atoms with Gasteiger partial charge < -0.3 is 14.8 Å². The largest absolute Gasteiger partial charge is 0.496 e. The molecule has 1 aliphatic heterocycles. The minimum Gasteiger partial charge on any atom is -0.496 e. The molecule has 2 aromatic rings. The first-order chi connectivity index (χ1) is 14.9. The molecule has 1 aromatic heterocycles. The van der Waals surface area contributed by atoms with Crippen molar-refractivity contribution in [3.63, 3.8) is 0 Å². The van der Waals surface area contributed by atoms with Crippen LogP contribution in [0.4, 0.5) is 5.13 Å². The van der Waals surface area contributed by atoms with Gasteiger partial charge in [0.05, 0.1) is 25.2 Å². The van der Waals surface area contributed by atoms with Crippen molar-refractivity contribution in [2.24, 2.45) is 0 Å². The maximum atomic E-state index is 12.9. The number of thioether (sulfide) groups is 1. The van der Waals surface area contributed by atoms with Gasteiger partial charge in [-0.15, -0.1) is 16.8 Å². The van der Waals surface area contributed by atoms with E-state index < -0.39 is 10.0 Å². The molecule has 168 valence electrons. The average molecular weight is 485 g/mol. The van der Waals surface area contributed by atoms with Gasteiger partial charge in [0.25, 0.3) is 0 Å². The molecule has 0 saturated carbocycles. The maximum Gasteiger partial charge on any atom is 0.243 e. The van der Waals surface area contributed by atoms with Crippen LogP contribution in [0.5, 0.6) is 5.75 Å². The molecule has 1 saturated heterocycles. The van der Waals surface area contributed by atoms with Crippen molar-refractivity contribution in [3.05, 3.63) is 36.4 Å². The number of amides is 1. The predicted octanol–water partition coefficient (Wildman–Crippen LogP) is 2.42. The number of benzene rings is 1. The lowest BCUT2D eigenvalue weighted by Crippen LogP contribution is -2.40. The van der Waals surface area contributed by atoms with Gasteiger partial charge in [-0.1, -0.05) is 29.2 Å². The van der Waals surface area contributed by atoms with E-state index >= 15 is 0 Å². The van der Waals surface area contributed by atoms with Crippen molar-refractivity contribution in [1.82, 2.24) is 14.5 Å². The van der Waals surface area contributed by atoms with Crippen LogP contribution in [0.25, 0.3) is 0 Å². The number of aryl methyl sites for hydroxylation is 1. The highest BCUT2D eigenvalue weighted by Gasteiger charge is 2.27. The number of ether oxygens (including phenoxy) is 2. The Bertz CT molecular complexity index is 1020. The number of hydrogen-bond donors (Lipinski definition) is 1. The first kappa shape index (κ1) is 23.7. The van der Waals surface area contributed by atoms with Crippen LogP contribution < -0.4 is 10.1 Å². The van der Waals surface area contributed by atoms with E-state index in [1.54, 1.807) is 18.2 Å². The van der Waals surface area contributed by atoms with E-state index in [1.165, 1.54) is 40.6 Å². The van der Waals surface area contributed by atoms with Crippen molar-refractivity contribution in [3.8, 4) is 5.75 Å². The third-order valence-corrected chi connectivity index (χ3v) is 8.32. The second kappa shape index (κ2) is 11.0. The van der Waals surface area contributed by atoms with Gasteiger partial charge in [-0.05, 0) is 30.2 Å². The van der Waals surface area contributed by atoms with E-state index in [-0.39, 0.29) is 17.2 Å². The number of sulfonamides is 1. The second-order valence-corrected chi connectivity index (χ2v) is 10.7. The molecule has 1 N–H and O–H groups in total. The van der Waals surface area contributed by atoms with E-state index in [9.17, 15) is 13.2 Å². The Morgan fingerprint density at radius 1 is 1.39 bits per heavy atom. The number of carbonyl (C=O) groups is 1. The molecule has 1 amide bonds. The fraction of sp³-hybridized carbons (Fsp3) is 0.421. The molecule has 0 spiro atoms. The van der Waals surface area contributed by atoms with Crippen LogP contribution in [0.15, 0.2) is 40.1 Å². The lowest BCUT2D eigenvalue weighted by Gasteiger charge is -2.26. The standard InChI is InChI=1S/C19H24N4O5S3/c1-3-12-29-19-22-21-18(30-19)20-17(24)7-4-14-13-15(5-6-16(14)27-2)31(25,26)23-8-10-28-11-9-23/h3,5-6,13H,1,4,7-12H2,2H3,(H,20,21,24). The summed E-state index contributed by atoms with van der Waals surface area (Å²) >= 11 is 2.78. The summed E-state index contributed by atoms with van der Waals surface area (Å²) in [6, 6.07) is 4.72. The lowest BCUT2D eigenvalue weighted by atomic mass is 10.1. The molecule has 31 heavy (non-hydrogen) atoms. The Hall–Kier alpha value is -1.99. The van der Waals surface area contributed by atoms with E-state index in [0.717, 1.165) is 4.34 Å². The predicted molar refractivity (Wildman–Crippen MR) is 120 cm³/mol. The van der Waals surface area contributed by atoms with Crippen LogP contribution in [-0.4, -0.2) is 68.0 Å². The number of nitrogens with one attached hydrogen (secondary N) is 1. The number of carbonyl (C=O) groups excluding carboxylic acids is 1. The van der Waals surface area contributed by atoms with Crippen molar-refractivity contribution in [2.45, 2.75) is 22.1 Å². The molecule has 9 nitrogen and oxygen atoms in total. The SMILES string of the molecule is C=CCSc1nnc(NC(=O)CCc2cc(S(=O)(=O)N3CCOCC3)ccc2OC)s1. The summed E-state index contributed by atoms with van der Waals surface area (Å²) in [6.07, 6.45) is 2.23. The Morgan fingerprint density at radius 2 is 2.16 bits per heavy atom. The summed E-state index contributed by atoms with van der Waals surface area (Å²) in [6.45, 7) is 5.05. The van der Waals surface area contributed by atoms with Crippen LogP contribution in [0, 0.1) is 0 Å². The van der Waals surface area contributed by atoms with Gasteiger partial charge >= 0.3 is 0 Å². The molecule has 1 aromatic carbocycles. The first-order valence-corrected chi connectivity index (χ1v) is 12.8. The summed E-state index contributed by atoms with van der Waals surface area (Å²) in [5.74, 6) is 1.01. The van der Waals surface area contributed by atoms with Gasteiger partial charge in [-0.25, -0.2) is 8.42 Å². The van der Waals surface area contributed by atoms with Gasteiger partial charge in [-0.3, -0.25) is 4.79 Å². The van der Waals surface area contributed by atoms with Gasteiger partial charge in [-0.2, -0.15) is 4.31 Å². The smallest absolute Gasteiger partial charge is 0.243 e. The molecule has 3 rings (SSSR count). The molecule has 2 heterocycles. The van der Waals surface area contributed by atoms with Gasteiger partial charge in [0.15, 0.2) is 4.34 Å². The van der Waals surface area contributed by atoms with Gasteiger partial charge in [0.1, 0.15) is 5.75 Å². The normalized spacial score (nSPS) is 14.9. The number of anilines is 1. The maximum absolute atomic E-state index is 12.9. The molecule has 1 fully saturated rings. The Balaban J connectivity index is 1.66. The molecule has 0 unspecified atom stereocenters. The lowest BCUT2D eigenvalue weighted by molar-refractivity contribution is -0.116. The Morgan fingerprint density at radius 3 is 2.87 bits per heavy atom. The topological polar surface area (TPSA) is 111 Å². The highest BCUT2D eigenvalue weighted by Crippen LogP contribution is 2.27. The number of nitrogens with zero attached hydrogens (tertiary/aromatic N) is 3. The molecule has 12 heteroatoms. The van der Waals surface area contributed by atoms with E-state index in [4.69, 9.17) is 9.47 Å². The zero-order valence-corrected chi connectivity index (χ0v) is 19.5. The zero-order valence-electron chi connectivity index (χ0n) is 17.1. The third kappa shape index (κ3) is 6.26. The molecule has 0 radical (unpaired) electrons. The summed E-state index contributed by atoms with van der Waals surface area (Å²) in [7, 11) is -2.12. The van der Waals surface area contributed by atoms with Crippen molar-refractivity contribution >= 4 is 44.2 Å². The van der Waals surface area contributed by atoms with Crippen molar-refractivity contribution in [2.75, 3.05) is 44.5 Å². The molecule has 1 aliphatic rings. The van der Waals surface area contributed by atoms with Crippen LogP contribution in [0.1, 0.15) is 12.0 Å². The molecular formula is C19H24N4O5S3. The van der Waals surface area contributed by atoms with Gasteiger partial charge in [0, 0.05) is 25.3 Å². The first-order valence-electron chi connectivity index (χ1n) is 9.56. The van der Waals surface area contributed by atoms with E-state index in [2.05, 4.69) is 22.1 Å². The number of hydrogen-bond acceptors (Lipinski definition) is 9. The van der Waals surface area contributed by atoms with Gasteiger partial charge in [0.2, 0.25) is 21.1 Å². The fourth-order valence-corrected chi connectivity index (χ4v) is 5.91. The number of rotatable bonds is 10. The van der Waals surface area contributed by atoms with Crippen molar-refractivity contribution < 1.29 is 22.7 Å². The summed E-state index contributed by atoms with van der Waals surface area (Å²) in [4.78, 5) is 12.5. The monoisotopic (exact) mass is 484 g/mol. The number of morpholine rings is 1. The van der Waals surface area contributed by atoms with Crippen LogP contribution in [0.2, 0.25) is 0 Å². The molecular weight excluding hydrogens is 460 g/mol. The van der Waals surface area contributed by atoms with E-state index in [0.29, 0.717) is 54.9 Å². The highest BCUT2D eigenvalue weighted by atomic mass is 32.2. The zero-order chi connectivity index (χ0) is 22.3. The molecule has 0 atom stereocenters. The number of aromatic nitrogens is 2. The summed E-state index contributed by atoms with van der Waals surface area (Å²) < 4.78 is 38.6. The minimum absolute atomic E-state index is 0.145. The average Bonchev–Trinajstić information content (AvgIpc) is 3.23. The molecule has 0 bridgehead atoms. The highest BCUT2D eigenvalue weighted by molar-refractivity contribution is 8.01. The summed E-state index contributed by atoms with van der Waals surface area (Å²) in [5.41, 5.74) is 0.645. The minimum atomic E-state index is -3.63. The summed E-state index contributed by atoms with van der Waals surface area (Å²) in [5, 5.41) is 11.1. The van der Waals surface area contributed by atoms with Crippen molar-refractivity contribution in [1.29, 1.82) is 0 Å². The third-order valence-electron chi connectivity index (χ3n) is 4.46. The van der Waals surface area contributed by atoms with Crippen LogP contribution >= 0.6 is 23.1 Å². The number of methoxy groups -OCH3 is 1. The van der Waals surface area contributed by atoms with Crippen LogP contribution in [0.3, 0.4) is 0 Å². The quantitative estimate of drug-likeness (QED) is 0.311. The Labute approximate surface area is 189 Å².